The summed E-state index contributed by atoms with van der Waals surface area (Å²) in [4.78, 5) is 45.5. The Morgan fingerprint density at radius 2 is 1.94 bits per heavy atom. The maximum absolute atomic E-state index is 13.6. The molecule has 7 nitrogen and oxygen atoms in total. The highest BCUT2D eigenvalue weighted by atomic mass is 79.9. The maximum atomic E-state index is 13.6. The van der Waals surface area contributed by atoms with E-state index in [0.29, 0.717) is 26.1 Å². The second-order valence-electron chi connectivity index (χ2n) is 7.47. The molecule has 0 N–H and O–H groups in total. The Morgan fingerprint density at radius 1 is 1.18 bits per heavy atom. The van der Waals surface area contributed by atoms with Gasteiger partial charge in [0.1, 0.15) is 10.5 Å². The maximum Gasteiger partial charge on any atom is 0.350 e. The van der Waals surface area contributed by atoms with Crippen LogP contribution in [0.1, 0.15) is 43.1 Å². The highest BCUT2D eigenvalue weighted by Crippen LogP contribution is 2.44. The average Bonchev–Trinajstić information content (AvgIpc) is 3.33. The van der Waals surface area contributed by atoms with Crippen LogP contribution in [0.15, 0.2) is 50.1 Å². The summed E-state index contributed by atoms with van der Waals surface area (Å²) in [7, 11) is 1.27. The van der Waals surface area contributed by atoms with E-state index in [-0.39, 0.29) is 37.4 Å². The van der Waals surface area contributed by atoms with E-state index in [1.165, 1.54) is 12.0 Å². The van der Waals surface area contributed by atoms with Crippen LogP contribution < -0.4 is 10.3 Å². The van der Waals surface area contributed by atoms with Crippen molar-refractivity contribution < 1.29 is 18.7 Å². The summed E-state index contributed by atoms with van der Waals surface area (Å²) in [6.07, 6.45) is 0. The van der Waals surface area contributed by atoms with Crippen molar-refractivity contribution in [3.63, 3.8) is 0 Å². The van der Waals surface area contributed by atoms with E-state index in [2.05, 4.69) is 20.9 Å². The molecule has 0 saturated carbocycles. The van der Waals surface area contributed by atoms with Crippen LogP contribution in [0.5, 0.6) is 0 Å². The molecule has 172 valence electrons. The van der Waals surface area contributed by atoms with Crippen LogP contribution in [0.2, 0.25) is 10.0 Å². The first-order valence-electron chi connectivity index (χ1n) is 9.81. The molecule has 3 heterocycles. The fourth-order valence-electron chi connectivity index (χ4n) is 3.91. The molecule has 11 heteroatoms. The van der Waals surface area contributed by atoms with E-state index in [9.17, 15) is 14.4 Å². The van der Waals surface area contributed by atoms with Gasteiger partial charge in [0.05, 0.1) is 39.8 Å². The van der Waals surface area contributed by atoms with Crippen LogP contribution in [0.25, 0.3) is 11.0 Å². The van der Waals surface area contributed by atoms with Gasteiger partial charge >= 0.3 is 5.97 Å². The van der Waals surface area contributed by atoms with E-state index in [1.54, 1.807) is 43.3 Å². The number of rotatable bonds is 3. The molecule has 0 radical (unpaired) electrons. The number of esters is 1. The van der Waals surface area contributed by atoms with Crippen molar-refractivity contribution in [1.29, 1.82) is 0 Å². The topological polar surface area (TPSA) is 89.7 Å². The van der Waals surface area contributed by atoms with Gasteiger partial charge in [-0.25, -0.2) is 9.78 Å². The van der Waals surface area contributed by atoms with Crippen molar-refractivity contribution in [3.8, 4) is 0 Å². The lowest BCUT2D eigenvalue weighted by atomic mass is 9.99. The molecule has 0 saturated heterocycles. The zero-order chi connectivity index (χ0) is 24.3. The van der Waals surface area contributed by atoms with Crippen molar-refractivity contribution in [2.24, 2.45) is 0 Å². The monoisotopic (exact) mass is 578 g/mol. The molecule has 1 amide bonds. The van der Waals surface area contributed by atoms with Gasteiger partial charge in [-0.05, 0) is 42.8 Å². The number of carbonyl (C=O) groups excluding carboxylic acids is 2. The third-order valence-corrected chi connectivity index (χ3v) is 7.82. The van der Waals surface area contributed by atoms with Gasteiger partial charge in [0.25, 0.3) is 5.91 Å². The summed E-state index contributed by atoms with van der Waals surface area (Å²) in [6, 6.07) is 8.95. The second-order valence-corrected chi connectivity index (χ2v) is 10.2. The molecule has 1 aliphatic heterocycles. The summed E-state index contributed by atoms with van der Waals surface area (Å²) in [5.41, 5.74) is 1.01. The van der Waals surface area contributed by atoms with E-state index < -0.39 is 17.9 Å². The number of aromatic nitrogens is 1. The van der Waals surface area contributed by atoms with Crippen LogP contribution in [0.4, 0.5) is 5.13 Å². The quantitative estimate of drug-likeness (QED) is 0.270. The summed E-state index contributed by atoms with van der Waals surface area (Å²) in [5.74, 6) is -1.22. The number of aryl methyl sites for hydroxylation is 1. The summed E-state index contributed by atoms with van der Waals surface area (Å²) >= 11 is 16.8. The summed E-state index contributed by atoms with van der Waals surface area (Å²) in [5, 5.41) is 1.13. The molecule has 2 aromatic carbocycles. The Bertz CT molecular complexity index is 1580. The molecule has 1 unspecified atom stereocenters. The van der Waals surface area contributed by atoms with Crippen molar-refractivity contribution in [1.82, 2.24) is 4.98 Å². The second kappa shape index (κ2) is 8.49. The van der Waals surface area contributed by atoms with Crippen LogP contribution in [0.3, 0.4) is 0 Å². The molecule has 1 atom stereocenters. The van der Waals surface area contributed by atoms with Crippen LogP contribution >= 0.6 is 50.5 Å². The lowest BCUT2D eigenvalue weighted by molar-refractivity contribution is 0.0605. The Labute approximate surface area is 215 Å². The van der Waals surface area contributed by atoms with E-state index >= 15 is 0 Å². The lowest BCUT2D eigenvalue weighted by Gasteiger charge is -2.22. The highest BCUT2D eigenvalue weighted by Gasteiger charge is 2.45. The van der Waals surface area contributed by atoms with E-state index in [4.69, 9.17) is 32.4 Å². The zero-order valence-corrected chi connectivity index (χ0v) is 21.4. The van der Waals surface area contributed by atoms with Gasteiger partial charge < -0.3 is 9.15 Å². The fourth-order valence-corrected chi connectivity index (χ4v) is 5.59. The first-order chi connectivity index (χ1) is 16.2. The number of benzene rings is 2. The molecule has 2 aromatic heterocycles. The molecule has 0 spiro atoms. The zero-order valence-electron chi connectivity index (χ0n) is 17.5. The van der Waals surface area contributed by atoms with Crippen LogP contribution in [-0.4, -0.2) is 24.0 Å². The van der Waals surface area contributed by atoms with Gasteiger partial charge in [-0.3, -0.25) is 14.5 Å². The minimum absolute atomic E-state index is 0.0941. The first kappa shape index (κ1) is 23.0. The first-order valence-corrected chi connectivity index (χ1v) is 12.2. The van der Waals surface area contributed by atoms with Gasteiger partial charge in [0, 0.05) is 4.47 Å². The minimum atomic E-state index is -0.895. The fraction of sp³-hybridized carbons (Fsp3) is 0.130. The van der Waals surface area contributed by atoms with Crippen molar-refractivity contribution in [3.05, 3.63) is 88.6 Å². The molecule has 5 rings (SSSR count). The Morgan fingerprint density at radius 3 is 2.65 bits per heavy atom. The number of methoxy groups -OCH3 is 1. The number of halogens is 3. The molecule has 4 aromatic rings. The number of amides is 1. The molecule has 0 aliphatic carbocycles. The number of fused-ring (bicyclic) bond motifs is 2. The highest BCUT2D eigenvalue weighted by molar-refractivity contribution is 9.10. The minimum Gasteiger partial charge on any atom is -0.465 e. The van der Waals surface area contributed by atoms with Gasteiger partial charge in [-0.1, -0.05) is 56.5 Å². The third kappa shape index (κ3) is 3.54. The third-order valence-electron chi connectivity index (χ3n) is 5.45. The predicted octanol–water partition coefficient (Wildman–Crippen LogP) is 6.16. The number of carbonyl (C=O) groups is 2. The Hall–Kier alpha value is -2.72. The van der Waals surface area contributed by atoms with Crippen molar-refractivity contribution in [2.45, 2.75) is 13.0 Å². The molecule has 1 aliphatic rings. The Balaban J connectivity index is 1.80. The number of hydrogen-bond donors (Lipinski definition) is 0. The molecular formula is C23H13BrCl2N2O5S. The number of thiazole rings is 1. The largest absolute Gasteiger partial charge is 0.465 e. The SMILES string of the molecule is COC(=O)c1sc(N2C(=O)c3oc4ccc(Br)cc4c(=O)c3C2c2ccc(Cl)c(Cl)c2)nc1C. The number of anilines is 1. The lowest BCUT2D eigenvalue weighted by Crippen LogP contribution is -2.29. The average molecular weight is 580 g/mol. The standard InChI is InChI=1S/C23H13BrCl2N2O5S/c1-9-20(22(31)32-2)34-23(27-9)28-17(10-3-5-13(25)14(26)7-10)16-18(29)12-8-11(24)4-6-15(12)33-19(16)21(28)30/h3-8,17H,1-2H3. The molecule has 0 bridgehead atoms. The Kier molecular flexibility index (Phi) is 5.76. The van der Waals surface area contributed by atoms with E-state index in [0.717, 1.165) is 11.3 Å². The number of ether oxygens (including phenoxy) is 1. The van der Waals surface area contributed by atoms with E-state index in [1.807, 2.05) is 0 Å². The smallest absolute Gasteiger partial charge is 0.350 e. The normalized spacial score (nSPS) is 15.1. The predicted molar refractivity (Wildman–Crippen MR) is 133 cm³/mol. The molecule has 0 fully saturated rings. The van der Waals surface area contributed by atoms with Crippen molar-refractivity contribution in [2.75, 3.05) is 12.0 Å². The van der Waals surface area contributed by atoms with Crippen LogP contribution in [0, 0.1) is 6.92 Å². The number of hydrogen-bond acceptors (Lipinski definition) is 7. The van der Waals surface area contributed by atoms with Crippen LogP contribution in [-0.2, 0) is 4.74 Å². The number of nitrogens with zero attached hydrogens (tertiary/aromatic N) is 2. The molecular weight excluding hydrogens is 567 g/mol. The van der Waals surface area contributed by atoms with Gasteiger partial charge in [-0.15, -0.1) is 0 Å². The van der Waals surface area contributed by atoms with Gasteiger partial charge in [0.15, 0.2) is 10.6 Å². The van der Waals surface area contributed by atoms with Crippen molar-refractivity contribution >= 4 is 78.4 Å². The van der Waals surface area contributed by atoms with Gasteiger partial charge in [0.2, 0.25) is 5.76 Å². The molecule has 34 heavy (non-hydrogen) atoms. The summed E-state index contributed by atoms with van der Waals surface area (Å²) < 4.78 is 11.4. The summed E-state index contributed by atoms with van der Waals surface area (Å²) in [6.45, 7) is 1.64. The van der Waals surface area contributed by atoms with Gasteiger partial charge in [-0.2, -0.15) is 0 Å².